The van der Waals surface area contributed by atoms with Gasteiger partial charge in [0.1, 0.15) is 0 Å². The highest BCUT2D eigenvalue weighted by Crippen LogP contribution is 2.20. The number of fused-ring (bicyclic) bond motifs is 3. The number of hydrogen-bond acceptors (Lipinski definition) is 1. The quantitative estimate of drug-likeness (QED) is 0.671. The molecule has 19 heavy (non-hydrogen) atoms. The summed E-state index contributed by atoms with van der Waals surface area (Å²) >= 11 is 0. The molecule has 0 bridgehead atoms. The molecule has 1 heterocycles. The van der Waals surface area contributed by atoms with Crippen molar-refractivity contribution in [2.24, 2.45) is 4.99 Å². The van der Waals surface area contributed by atoms with Gasteiger partial charge in [0.05, 0.1) is 11.1 Å². The molecule has 1 heteroatoms. The van der Waals surface area contributed by atoms with Crippen LogP contribution in [0.4, 0.5) is 0 Å². The third kappa shape index (κ3) is 1.59. The third-order valence-corrected chi connectivity index (χ3v) is 3.47. The van der Waals surface area contributed by atoms with Gasteiger partial charge in [0.15, 0.2) is 0 Å². The zero-order chi connectivity index (χ0) is 12.7. The molecule has 0 spiro atoms. The first-order valence-electron chi connectivity index (χ1n) is 6.35. The van der Waals surface area contributed by atoms with Gasteiger partial charge in [-0.15, -0.1) is 0 Å². The number of allylic oxidation sites excluding steroid dienone is 4. The molecular weight excluding hydrogens is 230 g/mol. The van der Waals surface area contributed by atoms with Crippen LogP contribution in [0.15, 0.2) is 77.4 Å². The summed E-state index contributed by atoms with van der Waals surface area (Å²) in [5.41, 5.74) is 2.06. The molecule has 0 unspecified atom stereocenters. The summed E-state index contributed by atoms with van der Waals surface area (Å²) in [6, 6.07) is 16.7. The van der Waals surface area contributed by atoms with E-state index in [-0.39, 0.29) is 0 Å². The fourth-order valence-corrected chi connectivity index (χ4v) is 2.60. The van der Waals surface area contributed by atoms with Crippen molar-refractivity contribution in [3.05, 3.63) is 99.9 Å². The molecule has 2 aliphatic rings. The number of nitrogens with zero attached hydrogens (tertiary/aromatic N) is 1. The average molecular weight is 241 g/mol. The Morgan fingerprint density at radius 3 is 2.42 bits per heavy atom. The van der Waals surface area contributed by atoms with E-state index < -0.39 is 0 Å². The monoisotopic (exact) mass is 241 g/mol. The molecule has 0 amide bonds. The maximum Gasteiger partial charge on any atom is 0.0715 e. The summed E-state index contributed by atoms with van der Waals surface area (Å²) in [5, 5.41) is 4.63. The van der Waals surface area contributed by atoms with Crippen LogP contribution in [0.2, 0.25) is 0 Å². The van der Waals surface area contributed by atoms with Crippen molar-refractivity contribution in [3.8, 4) is 0 Å². The molecule has 1 nitrogen and oxygen atoms in total. The van der Waals surface area contributed by atoms with E-state index in [1.54, 1.807) is 0 Å². The predicted octanol–water partition coefficient (Wildman–Crippen LogP) is 2.29. The molecule has 0 saturated heterocycles. The van der Waals surface area contributed by atoms with E-state index in [0.717, 1.165) is 16.6 Å². The molecule has 0 fully saturated rings. The van der Waals surface area contributed by atoms with Gasteiger partial charge in [-0.2, -0.15) is 0 Å². The smallest absolute Gasteiger partial charge is 0.0715 e. The highest BCUT2D eigenvalue weighted by atomic mass is 14.7. The molecule has 0 saturated carbocycles. The Bertz CT molecular complexity index is 930. The second kappa shape index (κ2) is 4.06. The van der Waals surface area contributed by atoms with Crippen molar-refractivity contribution in [2.75, 3.05) is 0 Å². The summed E-state index contributed by atoms with van der Waals surface area (Å²) in [6.45, 7) is 0. The molecule has 88 valence electrons. The predicted molar refractivity (Wildman–Crippen MR) is 75.2 cm³/mol. The number of benzene rings is 2. The van der Waals surface area contributed by atoms with Crippen LogP contribution in [0, 0.1) is 16.9 Å². The fourth-order valence-electron chi connectivity index (χ4n) is 2.60. The summed E-state index contributed by atoms with van der Waals surface area (Å²) in [6.07, 6.45) is 9.30. The van der Waals surface area contributed by atoms with E-state index in [0.29, 0.717) is 0 Å². The standard InChI is InChI=1S/C18H11N/c1-2-8-14-13(7-1)15-9-3-5-11-17(15)19-18-12-6-4-10-16(14)18/h1-9,11-12H. The second-order valence-electron chi connectivity index (χ2n) is 4.60. The zero-order valence-corrected chi connectivity index (χ0v) is 10.3. The normalized spacial score (nSPS) is 15.6. The second-order valence-corrected chi connectivity index (χ2v) is 4.60. The zero-order valence-electron chi connectivity index (χ0n) is 10.3. The third-order valence-electron chi connectivity index (χ3n) is 3.47. The summed E-state index contributed by atoms with van der Waals surface area (Å²) in [5.74, 6) is 0. The molecule has 0 aromatic heterocycles. The van der Waals surface area contributed by atoms with Crippen LogP contribution in [-0.2, 0) is 0 Å². The van der Waals surface area contributed by atoms with Gasteiger partial charge >= 0.3 is 0 Å². The van der Waals surface area contributed by atoms with Gasteiger partial charge in [-0.05, 0) is 28.2 Å². The molecule has 2 radical (unpaired) electrons. The van der Waals surface area contributed by atoms with Crippen molar-refractivity contribution < 1.29 is 0 Å². The summed E-state index contributed by atoms with van der Waals surface area (Å²) < 4.78 is 0. The van der Waals surface area contributed by atoms with Crippen LogP contribution in [0.3, 0.4) is 0 Å². The van der Waals surface area contributed by atoms with Gasteiger partial charge < -0.3 is 0 Å². The van der Waals surface area contributed by atoms with Crippen molar-refractivity contribution in [3.63, 3.8) is 0 Å². The number of hydrogen-bond donors (Lipinski definition) is 0. The molecule has 1 aliphatic carbocycles. The maximum atomic E-state index is 4.79. The van der Waals surface area contributed by atoms with Crippen molar-refractivity contribution in [2.45, 2.75) is 0 Å². The van der Waals surface area contributed by atoms with Crippen LogP contribution in [-0.4, -0.2) is 0 Å². The molecule has 2 aromatic carbocycles. The Balaban J connectivity index is 2.39. The summed E-state index contributed by atoms with van der Waals surface area (Å²) in [4.78, 5) is 4.79. The largest absolute Gasteiger partial charge is 0.248 e. The van der Waals surface area contributed by atoms with E-state index in [9.17, 15) is 0 Å². The molecule has 2 aromatic rings. The van der Waals surface area contributed by atoms with Crippen molar-refractivity contribution in [1.29, 1.82) is 0 Å². The van der Waals surface area contributed by atoms with E-state index >= 15 is 0 Å². The van der Waals surface area contributed by atoms with Crippen LogP contribution in [0.25, 0.3) is 5.57 Å². The minimum atomic E-state index is 0.986. The van der Waals surface area contributed by atoms with E-state index in [4.69, 9.17) is 4.99 Å². The van der Waals surface area contributed by atoms with Gasteiger partial charge in [0.2, 0.25) is 0 Å². The topological polar surface area (TPSA) is 12.4 Å². The van der Waals surface area contributed by atoms with Crippen LogP contribution in [0.1, 0.15) is 0 Å². The Kier molecular flexibility index (Phi) is 2.25. The summed E-state index contributed by atoms with van der Waals surface area (Å²) in [7, 11) is 0. The minimum Gasteiger partial charge on any atom is -0.248 e. The van der Waals surface area contributed by atoms with Gasteiger partial charge in [0.25, 0.3) is 0 Å². The highest BCUT2D eigenvalue weighted by Gasteiger charge is 2.10. The Morgan fingerprint density at radius 2 is 1.53 bits per heavy atom. The fraction of sp³-hybridized carbons (Fsp3) is 0. The van der Waals surface area contributed by atoms with E-state index in [1.807, 2.05) is 24.3 Å². The van der Waals surface area contributed by atoms with Gasteiger partial charge in [-0.3, -0.25) is 0 Å². The van der Waals surface area contributed by atoms with Crippen LogP contribution in [0.5, 0.6) is 0 Å². The van der Waals surface area contributed by atoms with Crippen LogP contribution >= 0.6 is 0 Å². The van der Waals surface area contributed by atoms with Gasteiger partial charge in [-0.1, -0.05) is 54.6 Å². The van der Waals surface area contributed by atoms with Gasteiger partial charge in [-0.25, -0.2) is 4.99 Å². The van der Waals surface area contributed by atoms with Crippen LogP contribution < -0.4 is 10.6 Å². The lowest BCUT2D eigenvalue weighted by molar-refractivity contribution is 1.25. The molecule has 0 atom stereocenters. The Morgan fingerprint density at radius 1 is 0.789 bits per heavy atom. The molecular formula is C18H11N. The Hall–Kier alpha value is -2.41. The minimum absolute atomic E-state index is 0.986. The van der Waals surface area contributed by atoms with Crippen molar-refractivity contribution >= 4 is 5.57 Å². The number of para-hydroxylation sites is 1. The molecule has 1 aliphatic heterocycles. The van der Waals surface area contributed by atoms with E-state index in [2.05, 4.69) is 48.9 Å². The maximum absolute atomic E-state index is 4.79. The van der Waals surface area contributed by atoms with E-state index in [1.165, 1.54) is 15.7 Å². The average Bonchev–Trinajstić information content (AvgIpc) is 2.62. The lowest BCUT2D eigenvalue weighted by Crippen LogP contribution is -2.10. The first-order chi connectivity index (χ1) is 9.43. The molecule has 0 N–H and O–H groups in total. The molecule has 4 rings (SSSR count). The van der Waals surface area contributed by atoms with Crippen molar-refractivity contribution in [1.82, 2.24) is 0 Å². The SMILES string of the molecule is [C]1C=CC=C2N=c3ccccc3=c3ccccc3=C12. The Labute approximate surface area is 111 Å². The lowest BCUT2D eigenvalue weighted by Gasteiger charge is -2.07. The highest BCUT2D eigenvalue weighted by molar-refractivity contribution is 5.75. The number of rotatable bonds is 0. The lowest BCUT2D eigenvalue weighted by atomic mass is 10.0. The van der Waals surface area contributed by atoms with Gasteiger partial charge in [0, 0.05) is 11.6 Å². The first kappa shape index (κ1) is 10.5. The first-order valence-corrected chi connectivity index (χ1v) is 6.35.